The van der Waals surface area contributed by atoms with Crippen LogP contribution in [0.1, 0.15) is 16.7 Å². The predicted octanol–water partition coefficient (Wildman–Crippen LogP) is 1.89. The van der Waals surface area contributed by atoms with E-state index in [-0.39, 0.29) is 12.5 Å². The Balaban J connectivity index is 1.84. The van der Waals surface area contributed by atoms with Gasteiger partial charge in [0.25, 0.3) is 0 Å². The van der Waals surface area contributed by atoms with Crippen molar-refractivity contribution in [3.63, 3.8) is 0 Å². The summed E-state index contributed by atoms with van der Waals surface area (Å²) in [6.45, 7) is 0.358. The SMILES string of the molecule is O=C(Cc1ccccc1)NCc1ccc(C#CCO)cc1. The van der Waals surface area contributed by atoms with Crippen LogP contribution in [-0.4, -0.2) is 17.6 Å². The van der Waals surface area contributed by atoms with Gasteiger partial charge in [0.05, 0.1) is 6.42 Å². The molecule has 3 heteroatoms. The third kappa shape index (κ3) is 5.13. The van der Waals surface area contributed by atoms with Gasteiger partial charge in [-0.05, 0) is 23.3 Å². The van der Waals surface area contributed by atoms with Crippen LogP contribution in [-0.2, 0) is 17.8 Å². The lowest BCUT2D eigenvalue weighted by Crippen LogP contribution is -2.24. The first-order valence-corrected chi connectivity index (χ1v) is 6.77. The fraction of sp³-hybridized carbons (Fsp3) is 0.167. The molecule has 2 aromatic rings. The molecule has 0 atom stereocenters. The van der Waals surface area contributed by atoms with Crippen molar-refractivity contribution in [1.29, 1.82) is 0 Å². The van der Waals surface area contributed by atoms with Gasteiger partial charge >= 0.3 is 0 Å². The van der Waals surface area contributed by atoms with Crippen molar-refractivity contribution < 1.29 is 9.90 Å². The van der Waals surface area contributed by atoms with Gasteiger partial charge in [-0.1, -0.05) is 54.3 Å². The molecule has 0 bridgehead atoms. The quantitative estimate of drug-likeness (QED) is 0.840. The van der Waals surface area contributed by atoms with E-state index in [4.69, 9.17) is 5.11 Å². The van der Waals surface area contributed by atoms with Crippen molar-refractivity contribution in [2.24, 2.45) is 0 Å². The lowest BCUT2D eigenvalue weighted by Gasteiger charge is -2.05. The number of aliphatic hydroxyl groups is 1. The van der Waals surface area contributed by atoms with Gasteiger partial charge in [0, 0.05) is 12.1 Å². The van der Waals surface area contributed by atoms with Crippen molar-refractivity contribution in [2.45, 2.75) is 13.0 Å². The van der Waals surface area contributed by atoms with Gasteiger partial charge < -0.3 is 10.4 Å². The molecule has 0 spiro atoms. The molecule has 21 heavy (non-hydrogen) atoms. The zero-order valence-electron chi connectivity index (χ0n) is 11.7. The molecule has 0 saturated heterocycles. The van der Waals surface area contributed by atoms with E-state index in [9.17, 15) is 4.79 Å². The van der Waals surface area contributed by atoms with E-state index < -0.39 is 0 Å². The summed E-state index contributed by atoms with van der Waals surface area (Å²) in [5.74, 6) is 5.43. The Morgan fingerprint density at radius 2 is 1.71 bits per heavy atom. The van der Waals surface area contributed by atoms with E-state index in [1.54, 1.807) is 0 Å². The second-order valence-corrected chi connectivity index (χ2v) is 4.60. The molecule has 0 aliphatic rings. The molecule has 0 aliphatic heterocycles. The topological polar surface area (TPSA) is 49.3 Å². The molecule has 1 amide bonds. The van der Waals surface area contributed by atoms with Gasteiger partial charge in [-0.25, -0.2) is 0 Å². The van der Waals surface area contributed by atoms with Crippen molar-refractivity contribution in [3.05, 3.63) is 71.3 Å². The number of amides is 1. The molecule has 0 aromatic heterocycles. The van der Waals surface area contributed by atoms with Crippen LogP contribution in [0.2, 0.25) is 0 Å². The van der Waals surface area contributed by atoms with Crippen LogP contribution in [0.15, 0.2) is 54.6 Å². The number of hydrogen-bond acceptors (Lipinski definition) is 2. The normalized spacial score (nSPS) is 9.57. The van der Waals surface area contributed by atoms with Gasteiger partial charge in [-0.15, -0.1) is 0 Å². The fourth-order valence-corrected chi connectivity index (χ4v) is 1.89. The summed E-state index contributed by atoms with van der Waals surface area (Å²) in [5.41, 5.74) is 2.87. The summed E-state index contributed by atoms with van der Waals surface area (Å²) in [7, 11) is 0. The summed E-state index contributed by atoms with van der Waals surface area (Å²) < 4.78 is 0. The van der Waals surface area contributed by atoms with Gasteiger partial charge in [0.15, 0.2) is 0 Å². The summed E-state index contributed by atoms with van der Waals surface area (Å²) in [4.78, 5) is 11.8. The molecule has 2 rings (SSSR count). The highest BCUT2D eigenvalue weighted by molar-refractivity contribution is 5.78. The predicted molar refractivity (Wildman–Crippen MR) is 82.4 cm³/mol. The monoisotopic (exact) mass is 279 g/mol. The average Bonchev–Trinajstić information content (AvgIpc) is 2.53. The summed E-state index contributed by atoms with van der Waals surface area (Å²) in [6.07, 6.45) is 0.390. The maximum absolute atomic E-state index is 11.8. The van der Waals surface area contributed by atoms with Crippen molar-refractivity contribution >= 4 is 5.91 Å². The van der Waals surface area contributed by atoms with E-state index >= 15 is 0 Å². The minimum absolute atomic E-state index is 0.00495. The van der Waals surface area contributed by atoms with Crippen LogP contribution >= 0.6 is 0 Å². The van der Waals surface area contributed by atoms with Crippen molar-refractivity contribution in [1.82, 2.24) is 5.32 Å². The third-order valence-corrected chi connectivity index (χ3v) is 2.96. The van der Waals surface area contributed by atoms with E-state index in [1.165, 1.54) is 0 Å². The minimum atomic E-state index is -0.142. The lowest BCUT2D eigenvalue weighted by atomic mass is 10.1. The Morgan fingerprint density at radius 1 is 1.00 bits per heavy atom. The molecule has 0 heterocycles. The summed E-state index contributed by atoms with van der Waals surface area (Å²) in [6, 6.07) is 17.3. The Morgan fingerprint density at radius 3 is 2.38 bits per heavy atom. The van der Waals surface area contributed by atoms with E-state index in [2.05, 4.69) is 17.2 Å². The van der Waals surface area contributed by atoms with Gasteiger partial charge in [-0.2, -0.15) is 0 Å². The lowest BCUT2D eigenvalue weighted by molar-refractivity contribution is -0.120. The first-order chi connectivity index (χ1) is 10.3. The molecule has 3 nitrogen and oxygen atoms in total. The number of carbonyl (C=O) groups is 1. The molecular weight excluding hydrogens is 262 g/mol. The Kier molecular flexibility index (Phi) is 5.57. The van der Waals surface area contributed by atoms with Gasteiger partial charge in [-0.3, -0.25) is 4.79 Å². The Hall–Kier alpha value is -2.57. The number of aliphatic hydroxyl groups excluding tert-OH is 1. The standard InChI is InChI=1S/C18H17NO2/c20-12-4-7-15-8-10-17(11-9-15)14-19-18(21)13-16-5-2-1-3-6-16/h1-3,5-6,8-11,20H,12-14H2,(H,19,21). The minimum Gasteiger partial charge on any atom is -0.384 e. The van der Waals surface area contributed by atoms with E-state index in [0.29, 0.717) is 13.0 Å². The Labute approximate surface area is 124 Å². The van der Waals surface area contributed by atoms with Crippen molar-refractivity contribution in [3.8, 4) is 11.8 Å². The molecule has 0 radical (unpaired) electrons. The number of nitrogens with one attached hydrogen (secondary N) is 1. The number of rotatable bonds is 4. The number of carbonyl (C=O) groups excluding carboxylic acids is 1. The maximum Gasteiger partial charge on any atom is 0.224 e. The van der Waals surface area contributed by atoms with Crippen LogP contribution in [0.3, 0.4) is 0 Å². The number of hydrogen-bond donors (Lipinski definition) is 2. The molecular formula is C18H17NO2. The second-order valence-electron chi connectivity index (χ2n) is 4.60. The molecule has 2 N–H and O–H groups in total. The third-order valence-electron chi connectivity index (χ3n) is 2.96. The molecule has 0 unspecified atom stereocenters. The molecule has 0 fully saturated rings. The smallest absolute Gasteiger partial charge is 0.224 e. The van der Waals surface area contributed by atoms with E-state index in [0.717, 1.165) is 16.7 Å². The second kappa shape index (κ2) is 7.88. The summed E-state index contributed by atoms with van der Waals surface area (Å²) in [5, 5.41) is 11.5. The molecule has 106 valence electrons. The van der Waals surface area contributed by atoms with Crippen LogP contribution < -0.4 is 5.32 Å². The van der Waals surface area contributed by atoms with Crippen LogP contribution in [0.5, 0.6) is 0 Å². The van der Waals surface area contributed by atoms with Crippen LogP contribution in [0, 0.1) is 11.8 Å². The van der Waals surface area contributed by atoms with Gasteiger partial charge in [0.2, 0.25) is 5.91 Å². The average molecular weight is 279 g/mol. The van der Waals surface area contributed by atoms with Gasteiger partial charge in [0.1, 0.15) is 6.61 Å². The highest BCUT2D eigenvalue weighted by Gasteiger charge is 2.02. The largest absolute Gasteiger partial charge is 0.384 e. The number of benzene rings is 2. The van der Waals surface area contributed by atoms with Crippen LogP contribution in [0.4, 0.5) is 0 Å². The van der Waals surface area contributed by atoms with Crippen LogP contribution in [0.25, 0.3) is 0 Å². The highest BCUT2D eigenvalue weighted by atomic mass is 16.2. The molecule has 0 aliphatic carbocycles. The molecule has 0 saturated carbocycles. The van der Waals surface area contributed by atoms with E-state index in [1.807, 2.05) is 54.6 Å². The zero-order valence-corrected chi connectivity index (χ0v) is 11.7. The fourth-order valence-electron chi connectivity index (χ4n) is 1.89. The van der Waals surface area contributed by atoms with Crippen molar-refractivity contribution in [2.75, 3.05) is 6.61 Å². The first kappa shape index (κ1) is 14.8. The maximum atomic E-state index is 11.8. The Bertz CT molecular complexity index is 636. The highest BCUT2D eigenvalue weighted by Crippen LogP contribution is 2.04. The molecule has 2 aromatic carbocycles. The zero-order chi connectivity index (χ0) is 14.9. The summed E-state index contributed by atoms with van der Waals surface area (Å²) >= 11 is 0. The first-order valence-electron chi connectivity index (χ1n) is 6.77.